The molecule has 5 atom stereocenters. The van der Waals surface area contributed by atoms with Crippen LogP contribution in [0.1, 0.15) is 51.9 Å². The Morgan fingerprint density at radius 1 is 1.16 bits per heavy atom. The molecule has 2 aliphatic carbocycles. The Labute approximate surface area is 117 Å². The van der Waals surface area contributed by atoms with E-state index in [1.54, 1.807) is 0 Å². The second kappa shape index (κ2) is 5.43. The zero-order chi connectivity index (χ0) is 13.4. The van der Waals surface area contributed by atoms with Gasteiger partial charge >= 0.3 is 0 Å². The van der Waals surface area contributed by atoms with Crippen LogP contribution in [-0.2, 0) is 4.79 Å². The number of rotatable bonds is 2. The fraction of sp³-hybridized carbons (Fsp3) is 0.938. The molecule has 19 heavy (non-hydrogen) atoms. The lowest BCUT2D eigenvalue weighted by Crippen LogP contribution is -2.49. The smallest absolute Gasteiger partial charge is 0.239 e. The van der Waals surface area contributed by atoms with Crippen molar-refractivity contribution in [2.45, 2.75) is 64.0 Å². The Hall–Kier alpha value is -0.570. The van der Waals surface area contributed by atoms with Crippen molar-refractivity contribution in [3.63, 3.8) is 0 Å². The fourth-order valence-corrected chi connectivity index (χ4v) is 4.67. The van der Waals surface area contributed by atoms with Gasteiger partial charge in [-0.05, 0) is 56.9 Å². The minimum Gasteiger partial charge on any atom is -0.338 e. The second-order valence-electron chi connectivity index (χ2n) is 7.10. The third-order valence-corrected chi connectivity index (χ3v) is 5.77. The zero-order valence-corrected chi connectivity index (χ0v) is 12.4. The summed E-state index contributed by atoms with van der Waals surface area (Å²) >= 11 is 0. The molecule has 0 aromatic heterocycles. The van der Waals surface area contributed by atoms with Gasteiger partial charge in [-0.25, -0.2) is 0 Å². The van der Waals surface area contributed by atoms with Gasteiger partial charge < -0.3 is 10.2 Å². The molecule has 2 bridgehead atoms. The number of amides is 1. The van der Waals surface area contributed by atoms with Crippen LogP contribution >= 0.6 is 0 Å². The first-order valence-corrected chi connectivity index (χ1v) is 8.16. The molecule has 108 valence electrons. The third-order valence-electron chi connectivity index (χ3n) is 5.77. The summed E-state index contributed by atoms with van der Waals surface area (Å²) in [7, 11) is 1.94. The molecule has 3 fully saturated rings. The van der Waals surface area contributed by atoms with E-state index in [1.165, 1.54) is 38.5 Å². The summed E-state index contributed by atoms with van der Waals surface area (Å²) in [6.07, 6.45) is 8.99. The molecular formula is C16H28N2O. The summed E-state index contributed by atoms with van der Waals surface area (Å²) in [5.41, 5.74) is 0. The van der Waals surface area contributed by atoms with E-state index in [-0.39, 0.29) is 6.04 Å². The van der Waals surface area contributed by atoms with Crippen LogP contribution in [0.15, 0.2) is 0 Å². The molecule has 3 rings (SSSR count). The van der Waals surface area contributed by atoms with Crippen LogP contribution in [0.4, 0.5) is 0 Å². The number of nitrogens with one attached hydrogen (secondary N) is 1. The van der Waals surface area contributed by atoms with E-state index >= 15 is 0 Å². The number of fused-ring (bicyclic) bond motifs is 2. The lowest BCUT2D eigenvalue weighted by Gasteiger charge is -2.34. The van der Waals surface area contributed by atoms with Crippen molar-refractivity contribution in [2.75, 3.05) is 13.6 Å². The topological polar surface area (TPSA) is 32.3 Å². The lowest BCUT2D eigenvalue weighted by atomic mass is 9.88. The Morgan fingerprint density at radius 2 is 2.00 bits per heavy atom. The lowest BCUT2D eigenvalue weighted by molar-refractivity contribution is -0.135. The first-order chi connectivity index (χ1) is 9.19. The molecule has 3 heteroatoms. The molecule has 1 saturated heterocycles. The monoisotopic (exact) mass is 264 g/mol. The van der Waals surface area contributed by atoms with E-state index < -0.39 is 0 Å². The highest BCUT2D eigenvalue weighted by atomic mass is 16.2. The van der Waals surface area contributed by atoms with Crippen LogP contribution in [0.5, 0.6) is 0 Å². The first kappa shape index (κ1) is 13.4. The summed E-state index contributed by atoms with van der Waals surface area (Å²) in [5.74, 6) is 2.75. The molecule has 0 radical (unpaired) electrons. The average molecular weight is 264 g/mol. The molecule has 3 nitrogen and oxygen atoms in total. The first-order valence-electron chi connectivity index (χ1n) is 8.16. The quantitative estimate of drug-likeness (QED) is 0.830. The van der Waals surface area contributed by atoms with Gasteiger partial charge in [0.15, 0.2) is 0 Å². The van der Waals surface area contributed by atoms with E-state index in [4.69, 9.17) is 0 Å². The molecule has 1 N–H and O–H groups in total. The van der Waals surface area contributed by atoms with Crippen LogP contribution in [0, 0.1) is 17.8 Å². The normalized spacial score (nSPS) is 43.4. The van der Waals surface area contributed by atoms with Crippen LogP contribution in [0.3, 0.4) is 0 Å². The van der Waals surface area contributed by atoms with Gasteiger partial charge in [0.05, 0.1) is 6.04 Å². The maximum atomic E-state index is 12.8. The van der Waals surface area contributed by atoms with Crippen LogP contribution in [0.2, 0.25) is 0 Å². The highest BCUT2D eigenvalue weighted by molar-refractivity contribution is 5.82. The van der Waals surface area contributed by atoms with Crippen molar-refractivity contribution in [1.82, 2.24) is 10.2 Å². The molecule has 0 aromatic carbocycles. The van der Waals surface area contributed by atoms with Crippen molar-refractivity contribution >= 4 is 5.91 Å². The maximum absolute atomic E-state index is 12.8. The van der Waals surface area contributed by atoms with Gasteiger partial charge in [-0.15, -0.1) is 0 Å². The SMILES string of the molecule is CNC1CC(C)CCN(C2CC3CCCC2C3)C1=O. The number of carbonyl (C=O) groups is 1. The van der Waals surface area contributed by atoms with Gasteiger partial charge in [0.25, 0.3) is 0 Å². The summed E-state index contributed by atoms with van der Waals surface area (Å²) in [6.45, 7) is 3.28. The van der Waals surface area contributed by atoms with E-state index in [0.29, 0.717) is 17.9 Å². The highest BCUT2D eigenvalue weighted by Gasteiger charge is 2.43. The number of nitrogens with zero attached hydrogens (tertiary/aromatic N) is 1. The standard InChI is InChI=1S/C16H28N2O/c1-11-6-7-18(16(19)14(8-11)17-2)15-10-12-4-3-5-13(15)9-12/h11-15,17H,3-10H2,1-2H3. The largest absolute Gasteiger partial charge is 0.338 e. The minimum absolute atomic E-state index is 0.0537. The summed E-state index contributed by atoms with van der Waals surface area (Å²) < 4.78 is 0. The predicted octanol–water partition coefficient (Wildman–Crippen LogP) is 2.41. The Bertz CT molecular complexity index is 344. The molecule has 3 aliphatic rings. The van der Waals surface area contributed by atoms with Gasteiger partial charge in [0.2, 0.25) is 5.91 Å². The summed E-state index contributed by atoms with van der Waals surface area (Å²) in [6, 6.07) is 0.610. The number of hydrogen-bond acceptors (Lipinski definition) is 2. The highest BCUT2D eigenvalue weighted by Crippen LogP contribution is 2.45. The van der Waals surface area contributed by atoms with Crippen molar-refractivity contribution < 1.29 is 4.79 Å². The molecular weight excluding hydrogens is 236 g/mol. The number of hydrogen-bond donors (Lipinski definition) is 1. The van der Waals surface area contributed by atoms with Crippen molar-refractivity contribution in [3.8, 4) is 0 Å². The van der Waals surface area contributed by atoms with Gasteiger partial charge in [-0.3, -0.25) is 4.79 Å². The molecule has 0 aromatic rings. The molecule has 5 unspecified atom stereocenters. The number of likely N-dealkylation sites (tertiary alicyclic amines) is 1. The van der Waals surface area contributed by atoms with E-state index in [9.17, 15) is 4.79 Å². The van der Waals surface area contributed by atoms with Crippen molar-refractivity contribution in [3.05, 3.63) is 0 Å². The molecule has 1 heterocycles. The Balaban J connectivity index is 1.76. The van der Waals surface area contributed by atoms with Crippen molar-refractivity contribution in [1.29, 1.82) is 0 Å². The molecule has 1 amide bonds. The molecule has 2 saturated carbocycles. The Morgan fingerprint density at radius 3 is 2.74 bits per heavy atom. The van der Waals surface area contributed by atoms with Gasteiger partial charge in [0.1, 0.15) is 0 Å². The average Bonchev–Trinajstić information content (AvgIpc) is 2.61. The van der Waals surface area contributed by atoms with Crippen molar-refractivity contribution in [2.24, 2.45) is 17.8 Å². The van der Waals surface area contributed by atoms with Gasteiger partial charge in [0, 0.05) is 12.6 Å². The van der Waals surface area contributed by atoms with Crippen LogP contribution in [0.25, 0.3) is 0 Å². The summed E-state index contributed by atoms with van der Waals surface area (Å²) in [5, 5.41) is 3.25. The molecule has 1 aliphatic heterocycles. The fourth-order valence-electron chi connectivity index (χ4n) is 4.67. The van der Waals surface area contributed by atoms with Crippen LogP contribution in [-0.4, -0.2) is 36.5 Å². The number of likely N-dealkylation sites (N-methyl/N-ethyl adjacent to an activating group) is 1. The van der Waals surface area contributed by atoms with Crippen LogP contribution < -0.4 is 5.32 Å². The molecule has 0 spiro atoms. The predicted molar refractivity (Wildman–Crippen MR) is 76.8 cm³/mol. The number of carbonyl (C=O) groups excluding carboxylic acids is 1. The Kier molecular flexibility index (Phi) is 3.84. The minimum atomic E-state index is 0.0537. The maximum Gasteiger partial charge on any atom is 0.239 e. The second-order valence-corrected chi connectivity index (χ2v) is 7.10. The van der Waals surface area contributed by atoms with E-state index in [2.05, 4.69) is 17.1 Å². The zero-order valence-electron chi connectivity index (χ0n) is 12.4. The van der Waals surface area contributed by atoms with E-state index in [1.807, 2.05) is 7.05 Å². The van der Waals surface area contributed by atoms with Gasteiger partial charge in [-0.1, -0.05) is 19.8 Å². The van der Waals surface area contributed by atoms with E-state index in [0.717, 1.165) is 24.8 Å². The third kappa shape index (κ3) is 2.54. The van der Waals surface area contributed by atoms with Gasteiger partial charge in [-0.2, -0.15) is 0 Å². The summed E-state index contributed by atoms with van der Waals surface area (Å²) in [4.78, 5) is 15.0.